The van der Waals surface area contributed by atoms with Gasteiger partial charge in [0.2, 0.25) is 0 Å². The summed E-state index contributed by atoms with van der Waals surface area (Å²) in [5, 5.41) is 5.68. The monoisotopic (exact) mass is 401 g/mol. The zero-order chi connectivity index (χ0) is 20.2. The van der Waals surface area contributed by atoms with Crippen LogP contribution < -0.4 is 10.6 Å². The summed E-state index contributed by atoms with van der Waals surface area (Å²) in [6.07, 6.45) is 2.80. The lowest BCUT2D eigenvalue weighted by atomic mass is 9.90. The molecular formula is C18H25ClFN3O4. The molecule has 9 heteroatoms. The molecule has 1 aromatic heterocycles. The third kappa shape index (κ3) is 5.95. The highest BCUT2D eigenvalue weighted by Gasteiger charge is 2.29. The molecule has 0 radical (unpaired) electrons. The van der Waals surface area contributed by atoms with Gasteiger partial charge in [-0.2, -0.15) is 0 Å². The van der Waals surface area contributed by atoms with Gasteiger partial charge in [0.25, 0.3) is 0 Å². The Morgan fingerprint density at radius 2 is 1.89 bits per heavy atom. The van der Waals surface area contributed by atoms with Crippen LogP contribution in [0.1, 0.15) is 56.8 Å². The van der Waals surface area contributed by atoms with E-state index < -0.39 is 23.5 Å². The van der Waals surface area contributed by atoms with Gasteiger partial charge in [-0.25, -0.2) is 19.0 Å². The van der Waals surface area contributed by atoms with Crippen molar-refractivity contribution in [3.8, 4) is 0 Å². The molecule has 0 bridgehead atoms. The number of methoxy groups -OCH3 is 1. The molecule has 7 nitrogen and oxygen atoms in total. The third-order valence-corrected chi connectivity index (χ3v) is 4.41. The Bertz CT molecular complexity index is 709. The molecule has 0 spiro atoms. The van der Waals surface area contributed by atoms with Gasteiger partial charge in [-0.05, 0) is 39.7 Å². The van der Waals surface area contributed by atoms with Gasteiger partial charge in [-0.15, -0.1) is 0 Å². The van der Waals surface area contributed by atoms with Crippen LogP contribution in [-0.4, -0.2) is 41.8 Å². The lowest BCUT2D eigenvalue weighted by Gasteiger charge is -2.33. The van der Waals surface area contributed by atoms with Crippen molar-refractivity contribution < 1.29 is 23.5 Å². The highest BCUT2D eigenvalue weighted by Crippen LogP contribution is 2.26. The molecule has 0 aliphatic heterocycles. The minimum Gasteiger partial charge on any atom is -0.465 e. The van der Waals surface area contributed by atoms with Crippen molar-refractivity contribution in [3.63, 3.8) is 0 Å². The molecule has 2 atom stereocenters. The number of pyridine rings is 1. The molecular weight excluding hydrogens is 377 g/mol. The Hall–Kier alpha value is -2.09. The molecule has 2 N–H and O–H groups in total. The first-order valence-corrected chi connectivity index (χ1v) is 9.19. The van der Waals surface area contributed by atoms with E-state index in [4.69, 9.17) is 16.3 Å². The molecule has 1 heterocycles. The van der Waals surface area contributed by atoms with Crippen molar-refractivity contribution in [1.82, 2.24) is 10.3 Å². The van der Waals surface area contributed by atoms with E-state index in [2.05, 4.69) is 20.4 Å². The van der Waals surface area contributed by atoms with Gasteiger partial charge in [-0.1, -0.05) is 24.4 Å². The molecule has 27 heavy (non-hydrogen) atoms. The first-order chi connectivity index (χ1) is 12.6. The van der Waals surface area contributed by atoms with E-state index in [1.54, 1.807) is 20.8 Å². The summed E-state index contributed by atoms with van der Waals surface area (Å²) in [6.45, 7) is 5.36. The quantitative estimate of drug-likeness (QED) is 0.587. The first kappa shape index (κ1) is 21.2. The molecule has 1 fully saturated rings. The van der Waals surface area contributed by atoms with E-state index >= 15 is 0 Å². The first-order valence-electron chi connectivity index (χ1n) is 8.81. The third-order valence-electron chi connectivity index (χ3n) is 4.13. The van der Waals surface area contributed by atoms with Gasteiger partial charge < -0.3 is 20.1 Å². The van der Waals surface area contributed by atoms with E-state index in [-0.39, 0.29) is 28.6 Å². The molecule has 2 rings (SSSR count). The summed E-state index contributed by atoms with van der Waals surface area (Å²) >= 11 is 5.98. The van der Waals surface area contributed by atoms with E-state index in [1.807, 2.05) is 0 Å². The molecule has 0 aromatic carbocycles. The number of esters is 1. The number of hydrogen-bond donors (Lipinski definition) is 2. The molecule has 1 saturated carbocycles. The topological polar surface area (TPSA) is 89.6 Å². The fourth-order valence-corrected chi connectivity index (χ4v) is 3.15. The molecule has 0 saturated heterocycles. The maximum absolute atomic E-state index is 14.4. The largest absolute Gasteiger partial charge is 0.465 e. The smallest absolute Gasteiger partial charge is 0.407 e. The van der Waals surface area contributed by atoms with Crippen molar-refractivity contribution in [1.29, 1.82) is 0 Å². The second kappa shape index (κ2) is 8.73. The second-order valence-corrected chi connectivity index (χ2v) is 7.79. The van der Waals surface area contributed by atoms with Gasteiger partial charge in [0.15, 0.2) is 11.6 Å². The normalized spacial score (nSPS) is 19.9. The summed E-state index contributed by atoms with van der Waals surface area (Å²) in [4.78, 5) is 27.6. The molecule has 1 amide bonds. The van der Waals surface area contributed by atoms with Crippen LogP contribution in [-0.2, 0) is 9.47 Å². The Balaban J connectivity index is 2.13. The van der Waals surface area contributed by atoms with Gasteiger partial charge in [-0.3, -0.25) is 0 Å². The minimum atomic E-state index is -0.764. The number of carbonyl (C=O) groups excluding carboxylic acids is 2. The SMILES string of the molecule is COC(=O)c1cc(F)c(NC2CCCCC2NC(=O)OC(C)(C)C)nc1Cl. The number of nitrogens with zero attached hydrogens (tertiary/aromatic N) is 1. The number of rotatable bonds is 4. The van der Waals surface area contributed by atoms with Crippen LogP contribution in [0.25, 0.3) is 0 Å². The number of nitrogens with one attached hydrogen (secondary N) is 2. The van der Waals surface area contributed by atoms with E-state index in [1.165, 1.54) is 7.11 Å². The molecule has 150 valence electrons. The minimum absolute atomic E-state index is 0.0736. The predicted molar refractivity (Wildman–Crippen MR) is 99.6 cm³/mol. The fourth-order valence-electron chi connectivity index (χ4n) is 2.93. The maximum atomic E-state index is 14.4. The van der Waals surface area contributed by atoms with Gasteiger partial charge in [0.05, 0.1) is 13.2 Å². The highest BCUT2D eigenvalue weighted by molar-refractivity contribution is 6.32. The highest BCUT2D eigenvalue weighted by atomic mass is 35.5. The van der Waals surface area contributed by atoms with Crippen LogP contribution >= 0.6 is 11.6 Å². The maximum Gasteiger partial charge on any atom is 0.407 e. The van der Waals surface area contributed by atoms with Gasteiger partial charge in [0, 0.05) is 6.04 Å². The summed E-state index contributed by atoms with van der Waals surface area (Å²) < 4.78 is 24.2. The average Bonchev–Trinajstić information content (AvgIpc) is 2.57. The number of anilines is 1. The summed E-state index contributed by atoms with van der Waals surface area (Å²) in [5.74, 6) is -1.56. The molecule has 2 unspecified atom stereocenters. The molecule has 1 aliphatic rings. The van der Waals surface area contributed by atoms with Crippen LogP contribution in [0.2, 0.25) is 5.15 Å². The van der Waals surface area contributed by atoms with Crippen LogP contribution in [0, 0.1) is 5.82 Å². The standard InChI is InChI=1S/C18H25ClFN3O4/c1-18(2,3)27-17(25)22-13-8-6-5-7-12(13)21-15-11(20)9-10(14(19)23-15)16(24)26-4/h9,12-13H,5-8H2,1-4H3,(H,21,23)(H,22,25). The Morgan fingerprint density at radius 1 is 1.26 bits per heavy atom. The zero-order valence-electron chi connectivity index (χ0n) is 15.9. The van der Waals surface area contributed by atoms with Gasteiger partial charge >= 0.3 is 12.1 Å². The van der Waals surface area contributed by atoms with E-state index in [9.17, 15) is 14.0 Å². The van der Waals surface area contributed by atoms with E-state index in [0.29, 0.717) is 0 Å². The Labute approximate surface area is 163 Å². The number of hydrogen-bond acceptors (Lipinski definition) is 6. The summed E-state index contributed by atoms with van der Waals surface area (Å²) in [7, 11) is 1.18. The molecule has 1 aliphatic carbocycles. The lowest BCUT2D eigenvalue weighted by molar-refractivity contribution is 0.0487. The second-order valence-electron chi connectivity index (χ2n) is 7.44. The van der Waals surface area contributed by atoms with Crippen molar-refractivity contribution in [2.24, 2.45) is 0 Å². The van der Waals surface area contributed by atoms with Crippen molar-refractivity contribution in [2.45, 2.75) is 64.1 Å². The number of halogens is 2. The van der Waals surface area contributed by atoms with Crippen LogP contribution in [0.3, 0.4) is 0 Å². The van der Waals surface area contributed by atoms with E-state index in [0.717, 1.165) is 31.7 Å². The summed E-state index contributed by atoms with van der Waals surface area (Å²) in [6, 6.07) is 0.505. The number of carbonyl (C=O) groups is 2. The van der Waals surface area contributed by atoms with Crippen LogP contribution in [0.5, 0.6) is 0 Å². The number of aromatic nitrogens is 1. The lowest BCUT2D eigenvalue weighted by Crippen LogP contribution is -2.50. The molecule has 1 aromatic rings. The zero-order valence-corrected chi connectivity index (χ0v) is 16.7. The number of alkyl carbamates (subject to hydrolysis) is 1. The average molecular weight is 402 g/mol. The Morgan fingerprint density at radius 3 is 2.48 bits per heavy atom. The van der Waals surface area contributed by atoms with Gasteiger partial charge in [0.1, 0.15) is 16.3 Å². The van der Waals surface area contributed by atoms with Crippen LogP contribution in [0.4, 0.5) is 15.0 Å². The van der Waals surface area contributed by atoms with Crippen molar-refractivity contribution in [2.75, 3.05) is 12.4 Å². The summed E-state index contributed by atoms with van der Waals surface area (Å²) in [5.41, 5.74) is -0.749. The fraction of sp³-hybridized carbons (Fsp3) is 0.611. The number of amides is 1. The van der Waals surface area contributed by atoms with Crippen LogP contribution in [0.15, 0.2) is 6.07 Å². The van der Waals surface area contributed by atoms with Crippen molar-refractivity contribution in [3.05, 3.63) is 22.6 Å². The Kier molecular flexibility index (Phi) is 6.86. The predicted octanol–water partition coefficient (Wildman–Crippen LogP) is 3.91. The van der Waals surface area contributed by atoms with Crippen molar-refractivity contribution >= 4 is 29.5 Å². The number of ether oxygens (including phenoxy) is 2.